The van der Waals surface area contributed by atoms with Crippen molar-refractivity contribution in [1.82, 2.24) is 8.87 Å². The van der Waals surface area contributed by atoms with Gasteiger partial charge in [-0.25, -0.2) is 8.42 Å². The van der Waals surface area contributed by atoms with Crippen molar-refractivity contribution < 1.29 is 13.2 Å². The first-order valence-corrected chi connectivity index (χ1v) is 11.9. The molecule has 1 aliphatic heterocycles. The Balaban J connectivity index is 1.60. The summed E-state index contributed by atoms with van der Waals surface area (Å²) >= 11 is 0. The second-order valence-electron chi connectivity index (χ2n) is 7.79. The molecular formula is C22H27N3O3S. The van der Waals surface area contributed by atoms with E-state index in [0.717, 1.165) is 25.7 Å². The van der Waals surface area contributed by atoms with Crippen LogP contribution in [0.4, 0.5) is 0 Å². The third kappa shape index (κ3) is 4.36. The van der Waals surface area contributed by atoms with Crippen LogP contribution in [0.1, 0.15) is 55.3 Å². The average molecular weight is 414 g/mol. The molecule has 2 heterocycles. The predicted molar refractivity (Wildman–Crippen MR) is 111 cm³/mol. The molecular weight excluding hydrogens is 386 g/mol. The first-order valence-electron chi connectivity index (χ1n) is 10.4. The van der Waals surface area contributed by atoms with Gasteiger partial charge in [-0.1, -0.05) is 25.3 Å². The number of hydrogen-bond donors (Lipinski definition) is 0. The summed E-state index contributed by atoms with van der Waals surface area (Å²) in [5, 5.41) is 0. The Labute approximate surface area is 171 Å². The largest absolute Gasteiger partial charge is 0.268 e. The number of carbonyl (C=O) groups excluding carboxylic acids is 1. The van der Waals surface area contributed by atoms with E-state index in [9.17, 15) is 13.2 Å². The molecule has 2 aromatic rings. The summed E-state index contributed by atoms with van der Waals surface area (Å²) in [7, 11) is -3.48. The van der Waals surface area contributed by atoms with E-state index in [-0.39, 0.29) is 16.8 Å². The molecule has 0 unspecified atom stereocenters. The molecule has 0 N–H and O–H groups in total. The van der Waals surface area contributed by atoms with Gasteiger partial charge in [-0.15, -0.1) is 0 Å². The molecule has 0 atom stereocenters. The summed E-state index contributed by atoms with van der Waals surface area (Å²) in [6, 6.07) is 12.1. The summed E-state index contributed by atoms with van der Waals surface area (Å²) in [6.45, 7) is 1.13. The second kappa shape index (κ2) is 8.63. The van der Waals surface area contributed by atoms with Crippen molar-refractivity contribution in [2.24, 2.45) is 4.99 Å². The van der Waals surface area contributed by atoms with Crippen LogP contribution in [0.3, 0.4) is 0 Å². The lowest BCUT2D eigenvalue weighted by atomic mass is 9.96. The smallest absolute Gasteiger partial charge is 0.263 e. The zero-order valence-corrected chi connectivity index (χ0v) is 17.4. The zero-order chi connectivity index (χ0) is 20.3. The molecule has 1 aromatic carbocycles. The van der Waals surface area contributed by atoms with Crippen molar-refractivity contribution in [2.75, 3.05) is 13.1 Å². The molecule has 6 nitrogen and oxygen atoms in total. The summed E-state index contributed by atoms with van der Waals surface area (Å²) in [6.07, 6.45) is 9.26. The maximum atomic E-state index is 13.1. The van der Waals surface area contributed by atoms with Crippen LogP contribution in [0, 0.1) is 0 Å². The molecule has 0 spiro atoms. The van der Waals surface area contributed by atoms with Gasteiger partial charge in [0.05, 0.1) is 10.9 Å². The maximum absolute atomic E-state index is 13.1. The van der Waals surface area contributed by atoms with Gasteiger partial charge >= 0.3 is 0 Å². The van der Waals surface area contributed by atoms with E-state index in [4.69, 9.17) is 4.99 Å². The number of carbonyl (C=O) groups is 1. The molecule has 4 rings (SSSR count). The fourth-order valence-electron chi connectivity index (χ4n) is 4.09. The zero-order valence-electron chi connectivity index (χ0n) is 16.5. The lowest BCUT2D eigenvalue weighted by Gasteiger charge is -2.18. The molecule has 0 amide bonds. The summed E-state index contributed by atoms with van der Waals surface area (Å²) in [4.78, 5) is 18.1. The van der Waals surface area contributed by atoms with Crippen LogP contribution in [0.2, 0.25) is 0 Å². The van der Waals surface area contributed by atoms with Crippen LogP contribution in [0.5, 0.6) is 0 Å². The van der Waals surface area contributed by atoms with Crippen molar-refractivity contribution in [3.8, 4) is 0 Å². The van der Waals surface area contributed by atoms with Gasteiger partial charge in [-0.3, -0.25) is 14.4 Å². The van der Waals surface area contributed by atoms with Crippen LogP contribution in [0.25, 0.3) is 0 Å². The highest BCUT2D eigenvalue weighted by atomic mass is 32.2. The number of nitrogens with zero attached hydrogens (tertiary/aromatic N) is 3. The molecule has 1 aliphatic carbocycles. The molecule has 1 aromatic heterocycles. The average Bonchev–Trinajstić information content (AvgIpc) is 3.30. The Morgan fingerprint density at radius 2 is 1.59 bits per heavy atom. The van der Waals surface area contributed by atoms with Crippen LogP contribution in [-0.4, -0.2) is 42.3 Å². The number of sulfonamides is 1. The first-order chi connectivity index (χ1) is 14.1. The van der Waals surface area contributed by atoms with E-state index in [0.29, 0.717) is 24.1 Å². The summed E-state index contributed by atoms with van der Waals surface area (Å²) in [5.74, 6) is -0.203. The van der Waals surface area contributed by atoms with Crippen molar-refractivity contribution in [2.45, 2.75) is 55.9 Å². The number of pyridine rings is 1. The number of benzene rings is 1. The summed E-state index contributed by atoms with van der Waals surface area (Å²) < 4.78 is 28.4. The van der Waals surface area contributed by atoms with E-state index in [1.807, 2.05) is 18.2 Å². The van der Waals surface area contributed by atoms with Crippen LogP contribution in [-0.2, 0) is 10.0 Å². The fraction of sp³-hybridized carbons (Fsp3) is 0.455. The van der Waals surface area contributed by atoms with Gasteiger partial charge in [0.25, 0.3) is 5.91 Å². The molecule has 2 aliphatic rings. The van der Waals surface area contributed by atoms with Crippen molar-refractivity contribution in [3.63, 3.8) is 0 Å². The molecule has 0 bridgehead atoms. The quantitative estimate of drug-likeness (QED) is 0.773. The van der Waals surface area contributed by atoms with Gasteiger partial charge < -0.3 is 0 Å². The van der Waals surface area contributed by atoms with E-state index in [1.54, 1.807) is 22.9 Å². The van der Waals surface area contributed by atoms with E-state index < -0.39 is 10.0 Å². The van der Waals surface area contributed by atoms with Crippen molar-refractivity contribution in [3.05, 3.63) is 59.7 Å². The Bertz CT molecular complexity index is 1030. The fourth-order valence-corrected chi connectivity index (χ4v) is 5.61. The molecule has 2 fully saturated rings. The normalized spacial score (nSPS) is 19.5. The van der Waals surface area contributed by atoms with Gasteiger partial charge in [0.15, 0.2) is 0 Å². The minimum Gasteiger partial charge on any atom is -0.268 e. The van der Waals surface area contributed by atoms with Crippen LogP contribution < -0.4 is 5.49 Å². The molecule has 154 valence electrons. The molecule has 7 heteroatoms. The Morgan fingerprint density at radius 1 is 0.897 bits per heavy atom. The van der Waals surface area contributed by atoms with Gasteiger partial charge in [-0.05, 0) is 62.1 Å². The Kier molecular flexibility index (Phi) is 5.96. The molecule has 1 saturated heterocycles. The van der Waals surface area contributed by atoms with E-state index in [2.05, 4.69) is 0 Å². The number of hydrogen-bond acceptors (Lipinski definition) is 4. The molecule has 29 heavy (non-hydrogen) atoms. The highest BCUT2D eigenvalue weighted by Crippen LogP contribution is 2.22. The monoisotopic (exact) mass is 413 g/mol. The highest BCUT2D eigenvalue weighted by molar-refractivity contribution is 7.89. The van der Waals surface area contributed by atoms with Crippen molar-refractivity contribution in [1.29, 1.82) is 0 Å². The topological polar surface area (TPSA) is 71.7 Å². The number of rotatable bonds is 4. The molecule has 1 saturated carbocycles. The second-order valence-corrected chi connectivity index (χ2v) is 9.73. The van der Waals surface area contributed by atoms with E-state index >= 15 is 0 Å². The Morgan fingerprint density at radius 3 is 2.28 bits per heavy atom. The third-order valence-electron chi connectivity index (χ3n) is 5.75. The minimum atomic E-state index is -3.48. The minimum absolute atomic E-state index is 0.203. The lowest BCUT2D eigenvalue weighted by Crippen LogP contribution is -2.29. The maximum Gasteiger partial charge on any atom is 0.263 e. The third-order valence-corrected chi connectivity index (χ3v) is 7.66. The van der Waals surface area contributed by atoms with Gasteiger partial charge in [-0.2, -0.15) is 4.31 Å². The standard InChI is InChI=1S/C22H27N3O3S/c26-22(25-17-5-4-10-21(25)23-19-8-2-1-3-9-19)18-11-13-20(14-12-18)29(27,28)24-15-6-7-16-24/h4-5,10-14,17,19H,1-3,6-9,15-16H2. The van der Waals surface area contributed by atoms with Gasteiger partial charge in [0, 0.05) is 24.8 Å². The van der Waals surface area contributed by atoms with Gasteiger partial charge in [0.1, 0.15) is 5.49 Å². The predicted octanol–water partition coefficient (Wildman–Crippen LogP) is 3.19. The van der Waals surface area contributed by atoms with Crippen molar-refractivity contribution >= 4 is 15.9 Å². The van der Waals surface area contributed by atoms with E-state index in [1.165, 1.54) is 35.7 Å². The van der Waals surface area contributed by atoms with Crippen LogP contribution in [0.15, 0.2) is 58.5 Å². The molecule has 0 radical (unpaired) electrons. The first kappa shape index (κ1) is 20.0. The SMILES string of the molecule is O=C(c1ccc(S(=O)(=O)N2CCCC2)cc1)n1ccccc1=NC1CCCCC1. The lowest BCUT2D eigenvalue weighted by molar-refractivity contribution is 0.0954. The van der Waals surface area contributed by atoms with Crippen LogP contribution >= 0.6 is 0 Å². The number of aromatic nitrogens is 1. The summed E-state index contributed by atoms with van der Waals surface area (Å²) in [5.41, 5.74) is 1.10. The highest BCUT2D eigenvalue weighted by Gasteiger charge is 2.27. The Hall–Kier alpha value is -2.25. The van der Waals surface area contributed by atoms with Gasteiger partial charge in [0.2, 0.25) is 10.0 Å².